The summed E-state index contributed by atoms with van der Waals surface area (Å²) in [4.78, 5) is 5.22. The normalized spacial score (nSPS) is 31.0. The number of rotatable bonds is 3. The van der Waals surface area contributed by atoms with Crippen molar-refractivity contribution in [2.24, 2.45) is 5.92 Å². The summed E-state index contributed by atoms with van der Waals surface area (Å²) in [6, 6.07) is 0. The zero-order valence-corrected chi connectivity index (χ0v) is 11.1. The Balaban J connectivity index is 2.18. The molecule has 0 N–H and O–H groups in total. The highest BCUT2D eigenvalue weighted by atomic mass is 79.9. The minimum Gasteiger partial charge on any atom is -0.335 e. The quantitative estimate of drug-likeness (QED) is 0.768. The first-order valence-electron chi connectivity index (χ1n) is 5.89. The number of alkyl halides is 1. The number of imidazole rings is 1. The number of aryl methyl sites for hydroxylation is 1. The van der Waals surface area contributed by atoms with Crippen LogP contribution in [0, 0.1) is 5.92 Å². The molecule has 1 aliphatic rings. The molecule has 1 aromatic heterocycles. The van der Waals surface area contributed by atoms with Gasteiger partial charge in [-0.15, -0.1) is 0 Å². The van der Waals surface area contributed by atoms with E-state index in [1.54, 1.807) is 0 Å². The van der Waals surface area contributed by atoms with Crippen LogP contribution in [0.4, 0.5) is 0 Å². The molecule has 1 saturated carbocycles. The lowest BCUT2D eigenvalue weighted by Gasteiger charge is -2.18. The van der Waals surface area contributed by atoms with Crippen LogP contribution in [0.3, 0.4) is 0 Å². The molecule has 0 spiro atoms. The zero-order chi connectivity index (χ0) is 10.8. The number of nitrogens with zero attached hydrogens (tertiary/aromatic N) is 2. The first kappa shape index (κ1) is 11.2. The van der Waals surface area contributed by atoms with Gasteiger partial charge in [0.05, 0.1) is 0 Å². The van der Waals surface area contributed by atoms with Crippen molar-refractivity contribution in [2.75, 3.05) is 0 Å². The van der Waals surface area contributed by atoms with E-state index in [1.807, 2.05) is 6.20 Å². The van der Waals surface area contributed by atoms with Gasteiger partial charge in [-0.05, 0) is 25.2 Å². The minimum atomic E-state index is 0.649. The Kier molecular flexibility index (Phi) is 3.49. The molecule has 1 fully saturated rings. The molecule has 1 aromatic rings. The zero-order valence-electron chi connectivity index (χ0n) is 9.49. The van der Waals surface area contributed by atoms with Crippen LogP contribution in [0.5, 0.6) is 0 Å². The molecule has 0 saturated heterocycles. The molecule has 1 aliphatic carbocycles. The first-order valence-corrected chi connectivity index (χ1v) is 6.80. The van der Waals surface area contributed by atoms with E-state index < -0.39 is 0 Å². The summed E-state index contributed by atoms with van der Waals surface area (Å²) in [6.45, 7) is 5.66. The van der Waals surface area contributed by atoms with E-state index in [2.05, 4.69) is 45.5 Å². The maximum Gasteiger partial charge on any atom is 0.112 e. The predicted octanol–water partition coefficient (Wildman–Crippen LogP) is 3.57. The van der Waals surface area contributed by atoms with E-state index in [4.69, 9.17) is 0 Å². The number of hydrogen-bond donors (Lipinski definition) is 0. The van der Waals surface area contributed by atoms with Gasteiger partial charge in [0, 0.05) is 29.7 Å². The van der Waals surface area contributed by atoms with Gasteiger partial charge < -0.3 is 4.57 Å². The van der Waals surface area contributed by atoms with Gasteiger partial charge in [0.2, 0.25) is 0 Å². The SMILES string of the molecule is CCCn1ccnc1C1CCC(Br)C1C. The largest absolute Gasteiger partial charge is 0.335 e. The molecule has 1 heterocycles. The standard InChI is InChI=1S/C12H19BrN2/c1-3-7-15-8-6-14-12(15)10-4-5-11(13)9(10)2/h6,8-11H,3-5,7H2,1-2H3. The molecule has 0 radical (unpaired) electrons. The fourth-order valence-electron chi connectivity index (χ4n) is 2.56. The Bertz CT molecular complexity index is 321. The molecule has 0 amide bonds. The molecule has 0 aliphatic heterocycles. The highest BCUT2D eigenvalue weighted by molar-refractivity contribution is 9.09. The minimum absolute atomic E-state index is 0.649. The number of hydrogen-bond acceptors (Lipinski definition) is 1. The van der Waals surface area contributed by atoms with Crippen LogP contribution in [0.15, 0.2) is 12.4 Å². The van der Waals surface area contributed by atoms with Crippen molar-refractivity contribution < 1.29 is 0 Å². The second-order valence-electron chi connectivity index (χ2n) is 4.54. The van der Waals surface area contributed by atoms with Gasteiger partial charge in [-0.2, -0.15) is 0 Å². The lowest BCUT2D eigenvalue weighted by Crippen LogP contribution is -2.14. The van der Waals surface area contributed by atoms with E-state index in [0.717, 1.165) is 6.54 Å². The fraction of sp³-hybridized carbons (Fsp3) is 0.750. The monoisotopic (exact) mass is 270 g/mol. The first-order chi connectivity index (χ1) is 7.24. The van der Waals surface area contributed by atoms with Crippen LogP contribution in [0.25, 0.3) is 0 Å². The Labute approximate surface area is 100 Å². The summed E-state index contributed by atoms with van der Waals surface area (Å²) in [5, 5.41) is 0. The van der Waals surface area contributed by atoms with E-state index in [-0.39, 0.29) is 0 Å². The molecular weight excluding hydrogens is 252 g/mol. The molecule has 84 valence electrons. The third-order valence-electron chi connectivity index (χ3n) is 3.50. The van der Waals surface area contributed by atoms with Crippen LogP contribution >= 0.6 is 15.9 Å². The summed E-state index contributed by atoms with van der Waals surface area (Å²) in [7, 11) is 0. The van der Waals surface area contributed by atoms with E-state index >= 15 is 0 Å². The molecule has 2 rings (SSSR count). The maximum absolute atomic E-state index is 4.54. The lowest BCUT2D eigenvalue weighted by molar-refractivity contribution is 0.487. The average molecular weight is 271 g/mol. The summed E-state index contributed by atoms with van der Waals surface area (Å²) in [5.41, 5.74) is 0. The average Bonchev–Trinajstić information content (AvgIpc) is 2.77. The number of aromatic nitrogens is 2. The molecule has 15 heavy (non-hydrogen) atoms. The molecule has 0 bridgehead atoms. The summed E-state index contributed by atoms with van der Waals surface area (Å²) in [5.74, 6) is 2.66. The fourth-order valence-corrected chi connectivity index (χ4v) is 3.19. The van der Waals surface area contributed by atoms with E-state index in [0.29, 0.717) is 16.7 Å². The van der Waals surface area contributed by atoms with Crippen LogP contribution in [-0.4, -0.2) is 14.4 Å². The topological polar surface area (TPSA) is 17.8 Å². The predicted molar refractivity (Wildman–Crippen MR) is 66.4 cm³/mol. The van der Waals surface area contributed by atoms with Gasteiger partial charge in [-0.1, -0.05) is 29.8 Å². The third kappa shape index (κ3) is 2.12. The van der Waals surface area contributed by atoms with Crippen molar-refractivity contribution in [1.82, 2.24) is 9.55 Å². The van der Waals surface area contributed by atoms with Crippen molar-refractivity contribution in [3.63, 3.8) is 0 Å². The van der Waals surface area contributed by atoms with Crippen LogP contribution in [0.2, 0.25) is 0 Å². The second kappa shape index (κ2) is 4.69. The van der Waals surface area contributed by atoms with Crippen molar-refractivity contribution in [3.8, 4) is 0 Å². The summed E-state index contributed by atoms with van der Waals surface area (Å²) >= 11 is 3.76. The van der Waals surface area contributed by atoms with E-state index in [1.165, 1.54) is 25.1 Å². The highest BCUT2D eigenvalue weighted by Crippen LogP contribution is 2.42. The Morgan fingerprint density at radius 2 is 2.33 bits per heavy atom. The summed E-state index contributed by atoms with van der Waals surface area (Å²) < 4.78 is 2.33. The number of halogens is 1. The van der Waals surface area contributed by atoms with Crippen LogP contribution in [-0.2, 0) is 6.54 Å². The van der Waals surface area contributed by atoms with Crippen LogP contribution < -0.4 is 0 Å². The molecule has 3 unspecified atom stereocenters. The molecule has 3 heteroatoms. The molecular formula is C12H19BrN2. The Morgan fingerprint density at radius 1 is 1.53 bits per heavy atom. The van der Waals surface area contributed by atoms with Gasteiger partial charge in [0.1, 0.15) is 5.82 Å². The van der Waals surface area contributed by atoms with Gasteiger partial charge in [-0.3, -0.25) is 0 Å². The van der Waals surface area contributed by atoms with Crippen molar-refractivity contribution in [2.45, 2.75) is 50.4 Å². The van der Waals surface area contributed by atoms with Crippen LogP contribution in [0.1, 0.15) is 44.9 Å². The second-order valence-corrected chi connectivity index (χ2v) is 5.71. The van der Waals surface area contributed by atoms with Crippen molar-refractivity contribution in [3.05, 3.63) is 18.2 Å². The molecule has 3 atom stereocenters. The van der Waals surface area contributed by atoms with Gasteiger partial charge in [-0.25, -0.2) is 4.98 Å². The summed E-state index contributed by atoms with van der Waals surface area (Å²) in [6.07, 6.45) is 7.80. The van der Waals surface area contributed by atoms with Crippen molar-refractivity contribution in [1.29, 1.82) is 0 Å². The molecule has 0 aromatic carbocycles. The lowest BCUT2D eigenvalue weighted by atomic mass is 9.97. The van der Waals surface area contributed by atoms with Crippen molar-refractivity contribution >= 4 is 15.9 Å². The maximum atomic E-state index is 4.54. The van der Waals surface area contributed by atoms with Gasteiger partial charge in [0.15, 0.2) is 0 Å². The molecule has 2 nitrogen and oxygen atoms in total. The van der Waals surface area contributed by atoms with Gasteiger partial charge in [0.25, 0.3) is 0 Å². The Morgan fingerprint density at radius 3 is 2.93 bits per heavy atom. The van der Waals surface area contributed by atoms with Gasteiger partial charge >= 0.3 is 0 Å². The smallest absolute Gasteiger partial charge is 0.112 e. The highest BCUT2D eigenvalue weighted by Gasteiger charge is 2.34. The third-order valence-corrected chi connectivity index (χ3v) is 4.79. The van der Waals surface area contributed by atoms with E-state index in [9.17, 15) is 0 Å². The Hall–Kier alpha value is -0.310.